The van der Waals surface area contributed by atoms with Crippen LogP contribution in [0, 0.1) is 6.92 Å². The molecule has 1 atom stereocenters. The summed E-state index contributed by atoms with van der Waals surface area (Å²) < 4.78 is 16.4. The minimum Gasteiger partial charge on any atom is -0.484 e. The van der Waals surface area contributed by atoms with Gasteiger partial charge in [0.1, 0.15) is 11.8 Å². The molecule has 3 aromatic rings. The third-order valence-electron chi connectivity index (χ3n) is 4.36. The number of amides is 1. The minimum absolute atomic E-state index is 0.0536. The number of aromatic nitrogens is 2. The highest BCUT2D eigenvalue weighted by atomic mass is 16.5. The van der Waals surface area contributed by atoms with Crippen LogP contribution in [0.15, 0.2) is 47.0 Å². The number of rotatable bonds is 4. The molecule has 1 aromatic heterocycles. The van der Waals surface area contributed by atoms with Gasteiger partial charge >= 0.3 is 0 Å². The lowest BCUT2D eigenvalue weighted by molar-refractivity contribution is -0.143. The highest BCUT2D eigenvalue weighted by Gasteiger charge is 2.32. The first-order chi connectivity index (χ1) is 12.7. The lowest BCUT2D eigenvalue weighted by Crippen LogP contribution is -2.45. The normalized spacial score (nSPS) is 17.4. The van der Waals surface area contributed by atoms with Crippen LogP contribution < -0.4 is 4.74 Å². The predicted molar refractivity (Wildman–Crippen MR) is 93.8 cm³/mol. The zero-order valence-corrected chi connectivity index (χ0v) is 14.4. The maximum Gasteiger partial charge on any atom is 0.261 e. The molecular formula is C19H19N3O4. The molecule has 4 rings (SSSR count). The van der Waals surface area contributed by atoms with Crippen molar-refractivity contribution in [3.8, 4) is 5.75 Å². The Hall–Kier alpha value is -2.93. The predicted octanol–water partition coefficient (Wildman–Crippen LogP) is 2.51. The Morgan fingerprint density at radius 3 is 2.92 bits per heavy atom. The zero-order valence-electron chi connectivity index (χ0n) is 14.4. The van der Waals surface area contributed by atoms with Crippen molar-refractivity contribution in [2.24, 2.45) is 0 Å². The largest absolute Gasteiger partial charge is 0.484 e. The molecule has 1 amide bonds. The smallest absolute Gasteiger partial charge is 0.261 e. The van der Waals surface area contributed by atoms with Gasteiger partial charge < -0.3 is 18.9 Å². The van der Waals surface area contributed by atoms with Gasteiger partial charge in [-0.15, -0.1) is 0 Å². The third kappa shape index (κ3) is 3.39. The van der Waals surface area contributed by atoms with Crippen molar-refractivity contribution in [1.82, 2.24) is 15.0 Å². The van der Waals surface area contributed by atoms with Crippen molar-refractivity contribution in [3.63, 3.8) is 0 Å². The summed E-state index contributed by atoms with van der Waals surface area (Å²) >= 11 is 0. The van der Waals surface area contributed by atoms with E-state index in [4.69, 9.17) is 14.0 Å². The van der Waals surface area contributed by atoms with E-state index in [1.54, 1.807) is 11.8 Å². The topological polar surface area (TPSA) is 77.7 Å². The first kappa shape index (κ1) is 16.5. The Balaban J connectivity index is 1.45. The molecule has 1 fully saturated rings. The lowest BCUT2D eigenvalue weighted by atomic mass is 10.1. The van der Waals surface area contributed by atoms with E-state index in [2.05, 4.69) is 10.1 Å². The minimum atomic E-state index is -0.377. The molecule has 7 heteroatoms. The second-order valence-corrected chi connectivity index (χ2v) is 6.16. The number of fused-ring (bicyclic) bond motifs is 1. The fourth-order valence-electron chi connectivity index (χ4n) is 3.04. The second kappa shape index (κ2) is 7.13. The van der Waals surface area contributed by atoms with E-state index in [0.717, 1.165) is 10.8 Å². The first-order valence-corrected chi connectivity index (χ1v) is 8.50. The molecule has 26 heavy (non-hydrogen) atoms. The number of hydrogen-bond acceptors (Lipinski definition) is 6. The van der Waals surface area contributed by atoms with E-state index in [0.29, 0.717) is 37.2 Å². The van der Waals surface area contributed by atoms with Gasteiger partial charge in [-0.3, -0.25) is 4.79 Å². The molecule has 0 N–H and O–H groups in total. The summed E-state index contributed by atoms with van der Waals surface area (Å²) in [5.74, 6) is 1.45. The molecule has 134 valence electrons. The molecule has 2 heterocycles. The van der Waals surface area contributed by atoms with Gasteiger partial charge in [0.25, 0.3) is 11.8 Å². The average molecular weight is 353 g/mol. The van der Waals surface area contributed by atoms with Gasteiger partial charge in [-0.05, 0) is 29.8 Å². The number of carbonyl (C=O) groups excluding carboxylic acids is 1. The van der Waals surface area contributed by atoms with Crippen LogP contribution in [-0.4, -0.2) is 47.3 Å². The van der Waals surface area contributed by atoms with Crippen molar-refractivity contribution in [3.05, 3.63) is 54.2 Å². The Kier molecular flexibility index (Phi) is 4.53. The molecule has 0 bridgehead atoms. The highest BCUT2D eigenvalue weighted by Crippen LogP contribution is 2.24. The number of hydrogen-bond donors (Lipinski definition) is 0. The highest BCUT2D eigenvalue weighted by molar-refractivity contribution is 5.84. The third-order valence-corrected chi connectivity index (χ3v) is 4.36. The van der Waals surface area contributed by atoms with E-state index in [-0.39, 0.29) is 18.6 Å². The standard InChI is InChI=1S/C19H19N3O4/c1-13-20-19(26-21-13)17-11-24-9-8-22(17)18(23)12-25-16-7-6-14-4-2-3-5-15(14)10-16/h2-7,10,17H,8-9,11-12H2,1H3. The summed E-state index contributed by atoms with van der Waals surface area (Å²) in [5, 5.41) is 6.00. The van der Waals surface area contributed by atoms with Crippen LogP contribution in [0.3, 0.4) is 0 Å². The average Bonchev–Trinajstić information content (AvgIpc) is 3.12. The van der Waals surface area contributed by atoms with Crippen LogP contribution in [0.4, 0.5) is 0 Å². The number of carbonyl (C=O) groups is 1. The van der Waals surface area contributed by atoms with Crippen molar-refractivity contribution < 1.29 is 18.8 Å². The summed E-state index contributed by atoms with van der Waals surface area (Å²) in [7, 11) is 0. The van der Waals surface area contributed by atoms with Crippen molar-refractivity contribution in [1.29, 1.82) is 0 Å². The van der Waals surface area contributed by atoms with Gasteiger partial charge in [-0.1, -0.05) is 35.5 Å². The van der Waals surface area contributed by atoms with E-state index < -0.39 is 0 Å². The second-order valence-electron chi connectivity index (χ2n) is 6.16. The Bertz CT molecular complexity index is 924. The van der Waals surface area contributed by atoms with Crippen LogP contribution in [0.25, 0.3) is 10.8 Å². The fraction of sp³-hybridized carbons (Fsp3) is 0.316. The van der Waals surface area contributed by atoms with Gasteiger partial charge in [0.2, 0.25) is 0 Å². The number of aryl methyl sites for hydroxylation is 1. The molecule has 7 nitrogen and oxygen atoms in total. The summed E-state index contributed by atoms with van der Waals surface area (Å²) in [6.07, 6.45) is 0. The molecule has 0 radical (unpaired) electrons. The summed E-state index contributed by atoms with van der Waals surface area (Å²) in [6.45, 7) is 2.97. The van der Waals surface area contributed by atoms with Gasteiger partial charge in [0.15, 0.2) is 12.4 Å². The molecule has 1 unspecified atom stereocenters. The number of ether oxygens (including phenoxy) is 2. The molecule has 1 saturated heterocycles. The monoisotopic (exact) mass is 353 g/mol. The molecule has 0 spiro atoms. The summed E-state index contributed by atoms with van der Waals surface area (Å²) in [6, 6.07) is 13.4. The van der Waals surface area contributed by atoms with Crippen LogP contribution in [0.1, 0.15) is 17.8 Å². The number of nitrogens with zero attached hydrogens (tertiary/aromatic N) is 3. The van der Waals surface area contributed by atoms with Gasteiger partial charge in [0, 0.05) is 6.54 Å². The van der Waals surface area contributed by atoms with Gasteiger partial charge in [0.05, 0.1) is 13.2 Å². The van der Waals surface area contributed by atoms with Crippen LogP contribution in [0.5, 0.6) is 5.75 Å². The first-order valence-electron chi connectivity index (χ1n) is 8.50. The zero-order chi connectivity index (χ0) is 17.9. The molecule has 1 aliphatic heterocycles. The molecule has 0 aliphatic carbocycles. The fourth-order valence-corrected chi connectivity index (χ4v) is 3.04. The maximum atomic E-state index is 12.7. The van der Waals surface area contributed by atoms with E-state index in [9.17, 15) is 4.79 Å². The van der Waals surface area contributed by atoms with Crippen LogP contribution >= 0.6 is 0 Å². The van der Waals surface area contributed by atoms with Crippen LogP contribution in [-0.2, 0) is 9.53 Å². The SMILES string of the molecule is Cc1noc(C2COCCN2C(=O)COc2ccc3ccccc3c2)n1. The molecular weight excluding hydrogens is 334 g/mol. The van der Waals surface area contributed by atoms with Crippen LogP contribution in [0.2, 0.25) is 0 Å². The molecule has 2 aromatic carbocycles. The maximum absolute atomic E-state index is 12.7. The van der Waals surface area contributed by atoms with Crippen molar-refractivity contribution in [2.45, 2.75) is 13.0 Å². The van der Waals surface area contributed by atoms with E-state index in [1.807, 2.05) is 42.5 Å². The van der Waals surface area contributed by atoms with E-state index in [1.165, 1.54) is 0 Å². The Labute approximate surface area is 150 Å². The lowest BCUT2D eigenvalue weighted by Gasteiger charge is -2.33. The Morgan fingerprint density at radius 2 is 2.12 bits per heavy atom. The number of morpholine rings is 1. The van der Waals surface area contributed by atoms with Gasteiger partial charge in [-0.25, -0.2) is 0 Å². The number of benzene rings is 2. The Morgan fingerprint density at radius 1 is 1.27 bits per heavy atom. The van der Waals surface area contributed by atoms with Crippen molar-refractivity contribution >= 4 is 16.7 Å². The summed E-state index contributed by atoms with van der Waals surface area (Å²) in [4.78, 5) is 18.6. The molecule has 0 saturated carbocycles. The van der Waals surface area contributed by atoms with Gasteiger partial charge in [-0.2, -0.15) is 4.98 Å². The molecule has 1 aliphatic rings. The van der Waals surface area contributed by atoms with Crippen molar-refractivity contribution in [2.75, 3.05) is 26.4 Å². The quantitative estimate of drug-likeness (QED) is 0.717. The summed E-state index contributed by atoms with van der Waals surface area (Å²) in [5.41, 5.74) is 0. The van der Waals surface area contributed by atoms with E-state index >= 15 is 0 Å².